The van der Waals surface area contributed by atoms with Crippen molar-refractivity contribution in [3.05, 3.63) is 40.8 Å². The Bertz CT molecular complexity index is 524. The maximum atomic E-state index is 11.4. The highest BCUT2D eigenvalue weighted by molar-refractivity contribution is 9.10. The van der Waals surface area contributed by atoms with Crippen LogP contribution in [0.15, 0.2) is 39.5 Å². The highest BCUT2D eigenvalue weighted by Gasteiger charge is 2.18. The molecule has 1 aromatic carbocycles. The Kier molecular flexibility index (Phi) is 3.02. The molecule has 5 nitrogen and oxygen atoms in total. The van der Waals surface area contributed by atoms with Crippen LogP contribution in [0.5, 0.6) is 0 Å². The van der Waals surface area contributed by atoms with E-state index in [2.05, 4.69) is 20.9 Å². The third-order valence-corrected chi connectivity index (χ3v) is 2.72. The lowest BCUT2D eigenvalue weighted by Crippen LogP contribution is -2.30. The van der Waals surface area contributed by atoms with Gasteiger partial charge in [0.05, 0.1) is 0 Å². The Morgan fingerprint density at radius 1 is 1.44 bits per heavy atom. The van der Waals surface area contributed by atoms with Gasteiger partial charge in [0, 0.05) is 10.0 Å². The first-order chi connectivity index (χ1) is 7.74. The fourth-order valence-electron chi connectivity index (χ4n) is 1.31. The van der Waals surface area contributed by atoms with E-state index in [0.29, 0.717) is 5.76 Å². The van der Waals surface area contributed by atoms with Gasteiger partial charge >= 0.3 is 0 Å². The average Bonchev–Trinajstić information content (AvgIpc) is 2.77. The molecule has 0 atom stereocenters. The van der Waals surface area contributed by atoms with Crippen molar-refractivity contribution in [1.82, 2.24) is 10.4 Å². The number of nitrogens with zero attached hydrogens (tertiary/aromatic N) is 1. The van der Waals surface area contributed by atoms with Gasteiger partial charge in [-0.3, -0.25) is 10.2 Å². The molecule has 0 radical (unpaired) electrons. The van der Waals surface area contributed by atoms with Crippen LogP contribution in [0.1, 0.15) is 10.5 Å². The summed E-state index contributed by atoms with van der Waals surface area (Å²) >= 11 is 3.37. The summed E-state index contributed by atoms with van der Waals surface area (Å²) in [6.45, 7) is 0. The number of halogens is 1. The van der Waals surface area contributed by atoms with E-state index < -0.39 is 5.91 Å². The SMILES string of the molecule is NNC(=O)c1ncoc1-c1ccccc1Br. The van der Waals surface area contributed by atoms with Gasteiger partial charge in [-0.15, -0.1) is 0 Å². The minimum atomic E-state index is -0.487. The van der Waals surface area contributed by atoms with E-state index in [1.165, 1.54) is 6.39 Å². The molecule has 2 aromatic rings. The van der Waals surface area contributed by atoms with Gasteiger partial charge in [-0.2, -0.15) is 0 Å². The number of aromatic nitrogens is 1. The fraction of sp³-hybridized carbons (Fsp3) is 0. The zero-order valence-electron chi connectivity index (χ0n) is 8.11. The number of nitrogen functional groups attached to an aromatic ring is 1. The molecule has 0 aliphatic rings. The fourth-order valence-corrected chi connectivity index (χ4v) is 1.78. The van der Waals surface area contributed by atoms with Crippen LogP contribution in [0, 0.1) is 0 Å². The summed E-state index contributed by atoms with van der Waals surface area (Å²) in [4.78, 5) is 15.2. The number of nitrogens with two attached hydrogens (primary N) is 1. The van der Waals surface area contributed by atoms with Crippen LogP contribution in [0.25, 0.3) is 11.3 Å². The number of hydrogen-bond donors (Lipinski definition) is 2. The van der Waals surface area contributed by atoms with Crippen molar-refractivity contribution in [2.75, 3.05) is 0 Å². The van der Waals surface area contributed by atoms with E-state index in [0.717, 1.165) is 10.0 Å². The largest absolute Gasteiger partial charge is 0.443 e. The van der Waals surface area contributed by atoms with Gasteiger partial charge in [-0.1, -0.05) is 34.1 Å². The maximum absolute atomic E-state index is 11.4. The first-order valence-electron chi connectivity index (χ1n) is 4.43. The number of hydrazine groups is 1. The van der Waals surface area contributed by atoms with Crippen LogP contribution < -0.4 is 11.3 Å². The standard InChI is InChI=1S/C10H8BrN3O2/c11-7-4-2-1-3-6(7)9-8(10(15)14-12)13-5-16-9/h1-5H,12H2,(H,14,15). The highest BCUT2D eigenvalue weighted by Crippen LogP contribution is 2.29. The number of benzene rings is 1. The topological polar surface area (TPSA) is 81.1 Å². The molecule has 0 saturated heterocycles. The van der Waals surface area contributed by atoms with E-state index in [1.807, 2.05) is 29.7 Å². The van der Waals surface area contributed by atoms with Crippen LogP contribution >= 0.6 is 15.9 Å². The predicted molar refractivity (Wildman–Crippen MR) is 61.3 cm³/mol. The van der Waals surface area contributed by atoms with Crippen LogP contribution in [0.2, 0.25) is 0 Å². The van der Waals surface area contributed by atoms with Gasteiger partial charge in [-0.05, 0) is 6.07 Å². The Hall–Kier alpha value is -1.66. The molecule has 16 heavy (non-hydrogen) atoms. The van der Waals surface area contributed by atoms with Crippen molar-refractivity contribution < 1.29 is 9.21 Å². The molecule has 1 aromatic heterocycles. The number of oxazole rings is 1. The van der Waals surface area contributed by atoms with Crippen molar-refractivity contribution in [3.63, 3.8) is 0 Å². The van der Waals surface area contributed by atoms with Gasteiger partial charge < -0.3 is 4.42 Å². The van der Waals surface area contributed by atoms with Gasteiger partial charge in [0.25, 0.3) is 5.91 Å². The smallest absolute Gasteiger partial charge is 0.287 e. The van der Waals surface area contributed by atoms with E-state index in [-0.39, 0.29) is 5.69 Å². The molecule has 6 heteroatoms. The normalized spacial score (nSPS) is 10.1. The molecular formula is C10H8BrN3O2. The van der Waals surface area contributed by atoms with Crippen LogP contribution in [-0.4, -0.2) is 10.9 Å². The van der Waals surface area contributed by atoms with Gasteiger partial charge in [0.15, 0.2) is 17.8 Å². The molecular weight excluding hydrogens is 274 g/mol. The zero-order chi connectivity index (χ0) is 11.5. The molecule has 0 fully saturated rings. The molecule has 82 valence electrons. The Morgan fingerprint density at radius 3 is 2.88 bits per heavy atom. The highest BCUT2D eigenvalue weighted by atomic mass is 79.9. The quantitative estimate of drug-likeness (QED) is 0.499. The number of carbonyl (C=O) groups excluding carboxylic acids is 1. The van der Waals surface area contributed by atoms with Gasteiger partial charge in [0.2, 0.25) is 0 Å². The second kappa shape index (κ2) is 4.46. The van der Waals surface area contributed by atoms with Gasteiger partial charge in [0.1, 0.15) is 0 Å². The molecule has 3 N–H and O–H groups in total. The summed E-state index contributed by atoms with van der Waals surface area (Å²) in [5.41, 5.74) is 2.93. The van der Waals surface area contributed by atoms with Crippen molar-refractivity contribution in [1.29, 1.82) is 0 Å². The summed E-state index contributed by atoms with van der Waals surface area (Å²) in [6.07, 6.45) is 1.21. The Balaban J connectivity index is 2.53. The van der Waals surface area contributed by atoms with E-state index in [1.54, 1.807) is 0 Å². The minimum Gasteiger partial charge on any atom is -0.443 e. The molecule has 0 spiro atoms. The van der Waals surface area contributed by atoms with Crippen molar-refractivity contribution in [3.8, 4) is 11.3 Å². The second-order valence-corrected chi connectivity index (χ2v) is 3.84. The molecule has 0 unspecified atom stereocenters. The number of rotatable bonds is 2. The molecule has 0 aliphatic heterocycles. The van der Waals surface area contributed by atoms with Crippen LogP contribution in [-0.2, 0) is 0 Å². The maximum Gasteiger partial charge on any atom is 0.287 e. The lowest BCUT2D eigenvalue weighted by molar-refractivity contribution is 0.0949. The average molecular weight is 282 g/mol. The number of nitrogens with one attached hydrogen (secondary N) is 1. The zero-order valence-corrected chi connectivity index (χ0v) is 9.69. The number of hydrogen-bond acceptors (Lipinski definition) is 4. The van der Waals surface area contributed by atoms with E-state index >= 15 is 0 Å². The van der Waals surface area contributed by atoms with Crippen molar-refractivity contribution in [2.24, 2.45) is 5.84 Å². The van der Waals surface area contributed by atoms with E-state index in [9.17, 15) is 4.79 Å². The number of carbonyl (C=O) groups is 1. The third-order valence-electron chi connectivity index (χ3n) is 2.03. The predicted octanol–water partition coefficient (Wildman–Crippen LogP) is 1.71. The molecule has 1 amide bonds. The monoisotopic (exact) mass is 281 g/mol. The van der Waals surface area contributed by atoms with Gasteiger partial charge in [-0.25, -0.2) is 10.8 Å². The molecule has 1 heterocycles. The van der Waals surface area contributed by atoms with Crippen molar-refractivity contribution in [2.45, 2.75) is 0 Å². The van der Waals surface area contributed by atoms with Crippen LogP contribution in [0.3, 0.4) is 0 Å². The summed E-state index contributed by atoms with van der Waals surface area (Å²) < 4.78 is 6.01. The first kappa shape index (κ1) is 10.8. The Morgan fingerprint density at radius 2 is 2.19 bits per heavy atom. The Labute approximate surface area is 99.8 Å². The molecule has 2 rings (SSSR count). The molecule has 0 saturated carbocycles. The number of amides is 1. The minimum absolute atomic E-state index is 0.161. The van der Waals surface area contributed by atoms with Crippen LogP contribution in [0.4, 0.5) is 0 Å². The lowest BCUT2D eigenvalue weighted by atomic mass is 10.1. The summed E-state index contributed by atoms with van der Waals surface area (Å²) in [6, 6.07) is 7.37. The first-order valence-corrected chi connectivity index (χ1v) is 5.22. The summed E-state index contributed by atoms with van der Waals surface area (Å²) in [5, 5.41) is 0. The third kappa shape index (κ3) is 1.84. The summed E-state index contributed by atoms with van der Waals surface area (Å²) in [7, 11) is 0. The summed E-state index contributed by atoms with van der Waals surface area (Å²) in [5.74, 6) is 4.95. The van der Waals surface area contributed by atoms with Crippen molar-refractivity contribution >= 4 is 21.8 Å². The molecule has 0 aliphatic carbocycles. The second-order valence-electron chi connectivity index (χ2n) is 2.98. The lowest BCUT2D eigenvalue weighted by Gasteiger charge is -2.02. The van der Waals surface area contributed by atoms with E-state index in [4.69, 9.17) is 10.3 Å². The molecule has 0 bridgehead atoms.